The number of methoxy groups -OCH3 is 1. The van der Waals surface area contributed by atoms with Gasteiger partial charge >= 0.3 is 0 Å². The van der Waals surface area contributed by atoms with Crippen molar-refractivity contribution < 1.29 is 13.2 Å². The van der Waals surface area contributed by atoms with Crippen LogP contribution in [0, 0.1) is 0 Å². The first-order chi connectivity index (χ1) is 8.57. The zero-order valence-corrected chi connectivity index (χ0v) is 11.5. The number of aromatic nitrogens is 1. The van der Waals surface area contributed by atoms with Crippen molar-refractivity contribution in [3.8, 4) is 5.88 Å². The number of anilines is 1. The maximum absolute atomic E-state index is 11.7. The molecular weight excluding hydrogens is 254 g/mol. The van der Waals surface area contributed by atoms with Gasteiger partial charge < -0.3 is 10.1 Å². The van der Waals surface area contributed by atoms with E-state index < -0.39 is 10.0 Å². The minimum absolute atomic E-state index is 0.0407. The van der Waals surface area contributed by atoms with Gasteiger partial charge in [-0.1, -0.05) is 6.92 Å². The molecule has 0 fully saturated rings. The van der Waals surface area contributed by atoms with Crippen molar-refractivity contribution in [1.82, 2.24) is 10.3 Å². The first kappa shape index (κ1) is 14.7. The van der Waals surface area contributed by atoms with Crippen molar-refractivity contribution in [2.24, 2.45) is 0 Å². The van der Waals surface area contributed by atoms with Gasteiger partial charge in [0.25, 0.3) is 0 Å². The molecule has 7 heteroatoms. The van der Waals surface area contributed by atoms with E-state index in [9.17, 15) is 8.42 Å². The summed E-state index contributed by atoms with van der Waals surface area (Å²) in [6.45, 7) is 3.29. The molecule has 0 amide bonds. The molecule has 0 spiro atoms. The van der Waals surface area contributed by atoms with Crippen LogP contribution in [-0.4, -0.2) is 39.4 Å². The van der Waals surface area contributed by atoms with Gasteiger partial charge in [-0.3, -0.25) is 4.72 Å². The number of nitrogens with zero attached hydrogens (tertiary/aromatic N) is 1. The molecule has 6 nitrogen and oxygen atoms in total. The van der Waals surface area contributed by atoms with E-state index in [0.717, 1.165) is 13.0 Å². The van der Waals surface area contributed by atoms with E-state index in [1.807, 2.05) is 6.92 Å². The van der Waals surface area contributed by atoms with Crippen LogP contribution in [0.1, 0.15) is 13.3 Å². The van der Waals surface area contributed by atoms with E-state index >= 15 is 0 Å². The van der Waals surface area contributed by atoms with Crippen LogP contribution in [0.2, 0.25) is 0 Å². The highest BCUT2D eigenvalue weighted by atomic mass is 32.2. The molecule has 0 radical (unpaired) electrons. The molecule has 0 unspecified atom stereocenters. The van der Waals surface area contributed by atoms with Gasteiger partial charge in [0.05, 0.1) is 24.7 Å². The minimum Gasteiger partial charge on any atom is -0.481 e. The molecule has 102 valence electrons. The largest absolute Gasteiger partial charge is 0.481 e. The zero-order chi connectivity index (χ0) is 13.4. The Labute approximate surface area is 108 Å². The highest BCUT2D eigenvalue weighted by Crippen LogP contribution is 2.12. The van der Waals surface area contributed by atoms with Crippen LogP contribution in [0.4, 0.5) is 5.69 Å². The van der Waals surface area contributed by atoms with Gasteiger partial charge in [-0.25, -0.2) is 13.4 Å². The van der Waals surface area contributed by atoms with Crippen molar-refractivity contribution in [2.75, 3.05) is 30.7 Å². The summed E-state index contributed by atoms with van der Waals surface area (Å²) in [4.78, 5) is 3.93. The SMILES string of the molecule is CCCNCCS(=O)(=O)Nc1ccc(OC)nc1. The van der Waals surface area contributed by atoms with E-state index in [2.05, 4.69) is 15.0 Å². The Morgan fingerprint density at radius 1 is 1.33 bits per heavy atom. The third-order valence-corrected chi connectivity index (χ3v) is 3.48. The summed E-state index contributed by atoms with van der Waals surface area (Å²) < 4.78 is 30.8. The summed E-state index contributed by atoms with van der Waals surface area (Å²) in [6.07, 6.45) is 2.41. The Hall–Kier alpha value is -1.34. The second-order valence-corrected chi connectivity index (χ2v) is 5.60. The van der Waals surface area contributed by atoms with Crippen LogP contribution < -0.4 is 14.8 Å². The minimum atomic E-state index is -3.33. The van der Waals surface area contributed by atoms with E-state index in [1.165, 1.54) is 13.3 Å². The van der Waals surface area contributed by atoms with Crippen molar-refractivity contribution >= 4 is 15.7 Å². The summed E-state index contributed by atoms with van der Waals surface area (Å²) in [6, 6.07) is 3.22. The Balaban J connectivity index is 2.48. The lowest BCUT2D eigenvalue weighted by molar-refractivity contribution is 0.398. The van der Waals surface area contributed by atoms with Crippen molar-refractivity contribution in [1.29, 1.82) is 0 Å². The molecule has 0 saturated carbocycles. The second kappa shape index (κ2) is 7.17. The molecule has 1 heterocycles. The maximum Gasteiger partial charge on any atom is 0.234 e. The van der Waals surface area contributed by atoms with E-state index in [-0.39, 0.29) is 5.75 Å². The lowest BCUT2D eigenvalue weighted by Crippen LogP contribution is -2.27. The molecule has 1 aromatic rings. The first-order valence-corrected chi connectivity index (χ1v) is 7.44. The van der Waals surface area contributed by atoms with Crippen molar-refractivity contribution in [3.05, 3.63) is 18.3 Å². The van der Waals surface area contributed by atoms with Gasteiger partial charge in [0.1, 0.15) is 0 Å². The molecule has 18 heavy (non-hydrogen) atoms. The molecular formula is C11H19N3O3S. The molecule has 0 bridgehead atoms. The molecule has 0 aliphatic heterocycles. The van der Waals surface area contributed by atoms with Crippen LogP contribution in [0.3, 0.4) is 0 Å². The molecule has 0 aliphatic carbocycles. The van der Waals surface area contributed by atoms with Crippen molar-refractivity contribution in [3.63, 3.8) is 0 Å². The quantitative estimate of drug-likeness (QED) is 0.686. The molecule has 0 saturated heterocycles. The average molecular weight is 273 g/mol. The fourth-order valence-electron chi connectivity index (χ4n) is 1.30. The van der Waals surface area contributed by atoms with Gasteiger partial charge in [-0.2, -0.15) is 0 Å². The second-order valence-electron chi connectivity index (χ2n) is 3.76. The molecule has 1 rings (SSSR count). The van der Waals surface area contributed by atoms with Gasteiger partial charge in [0.15, 0.2) is 0 Å². The van der Waals surface area contributed by atoms with Gasteiger partial charge in [0.2, 0.25) is 15.9 Å². The highest BCUT2D eigenvalue weighted by Gasteiger charge is 2.09. The van der Waals surface area contributed by atoms with Gasteiger partial charge in [0, 0.05) is 12.6 Å². The van der Waals surface area contributed by atoms with Gasteiger partial charge in [-0.05, 0) is 19.0 Å². The third-order valence-electron chi connectivity index (χ3n) is 2.19. The molecule has 0 aliphatic rings. The predicted octanol–water partition coefficient (Wildman–Crippen LogP) is 0.831. The smallest absolute Gasteiger partial charge is 0.234 e. The topological polar surface area (TPSA) is 80.3 Å². The Kier molecular flexibility index (Phi) is 5.87. The van der Waals surface area contributed by atoms with E-state index in [1.54, 1.807) is 12.1 Å². The number of nitrogens with one attached hydrogen (secondary N) is 2. The fraction of sp³-hybridized carbons (Fsp3) is 0.545. The van der Waals surface area contributed by atoms with Crippen LogP contribution in [0.15, 0.2) is 18.3 Å². The summed E-state index contributed by atoms with van der Waals surface area (Å²) in [5.74, 6) is 0.488. The Morgan fingerprint density at radius 3 is 2.67 bits per heavy atom. The van der Waals surface area contributed by atoms with E-state index in [4.69, 9.17) is 4.74 Å². The highest BCUT2D eigenvalue weighted by molar-refractivity contribution is 7.92. The number of rotatable bonds is 8. The number of sulfonamides is 1. The molecule has 2 N–H and O–H groups in total. The molecule has 0 aromatic carbocycles. The van der Waals surface area contributed by atoms with E-state index in [0.29, 0.717) is 18.1 Å². The van der Waals surface area contributed by atoms with Crippen LogP contribution in [-0.2, 0) is 10.0 Å². The zero-order valence-electron chi connectivity index (χ0n) is 10.6. The average Bonchev–Trinajstić information content (AvgIpc) is 2.35. The van der Waals surface area contributed by atoms with Crippen LogP contribution >= 0.6 is 0 Å². The van der Waals surface area contributed by atoms with Crippen LogP contribution in [0.25, 0.3) is 0 Å². The molecule has 1 aromatic heterocycles. The summed E-state index contributed by atoms with van der Waals surface area (Å²) in [5, 5.41) is 3.04. The Bertz CT molecular complexity index is 445. The fourth-order valence-corrected chi connectivity index (χ4v) is 2.30. The number of ether oxygens (including phenoxy) is 1. The summed E-state index contributed by atoms with van der Waals surface area (Å²) in [7, 11) is -1.82. The number of hydrogen-bond acceptors (Lipinski definition) is 5. The monoisotopic (exact) mass is 273 g/mol. The summed E-state index contributed by atoms with van der Waals surface area (Å²) >= 11 is 0. The summed E-state index contributed by atoms with van der Waals surface area (Å²) in [5.41, 5.74) is 0.436. The Morgan fingerprint density at radius 2 is 2.11 bits per heavy atom. The standard InChI is InChI=1S/C11H19N3O3S/c1-3-6-12-7-8-18(15,16)14-10-4-5-11(17-2)13-9-10/h4-5,9,12,14H,3,6-8H2,1-2H3. The first-order valence-electron chi connectivity index (χ1n) is 5.78. The molecule has 0 atom stereocenters. The number of pyridine rings is 1. The normalized spacial score (nSPS) is 11.2. The third kappa shape index (κ3) is 5.33. The maximum atomic E-state index is 11.7. The lowest BCUT2D eigenvalue weighted by atomic mass is 10.4. The van der Waals surface area contributed by atoms with Crippen molar-refractivity contribution in [2.45, 2.75) is 13.3 Å². The number of hydrogen-bond donors (Lipinski definition) is 2. The van der Waals surface area contributed by atoms with Gasteiger partial charge in [-0.15, -0.1) is 0 Å². The predicted molar refractivity (Wildman–Crippen MR) is 71.4 cm³/mol. The van der Waals surface area contributed by atoms with Crippen LogP contribution in [0.5, 0.6) is 5.88 Å². The lowest BCUT2D eigenvalue weighted by Gasteiger charge is -2.08.